The standard InChI is InChI=1S/C27H22O3/c1-3-7-21-14-25(28)30-27-17(2)26-23(15-22(21)27)24(16-29-26)20-12-10-19(11-13-20)18-8-5-4-6-9-18/h4-6,8-16H,3,7H2,1-2H3. The maximum Gasteiger partial charge on any atom is 0.336 e. The first-order valence-corrected chi connectivity index (χ1v) is 10.3. The molecule has 0 bridgehead atoms. The van der Waals surface area contributed by atoms with Gasteiger partial charge in [-0.15, -0.1) is 0 Å². The van der Waals surface area contributed by atoms with Gasteiger partial charge in [-0.05, 0) is 41.7 Å². The molecular formula is C27H22O3. The highest BCUT2D eigenvalue weighted by atomic mass is 16.4. The molecule has 0 fully saturated rings. The summed E-state index contributed by atoms with van der Waals surface area (Å²) >= 11 is 0. The number of benzene rings is 3. The van der Waals surface area contributed by atoms with Gasteiger partial charge in [0.05, 0.1) is 6.26 Å². The van der Waals surface area contributed by atoms with Crippen LogP contribution in [0.1, 0.15) is 24.5 Å². The van der Waals surface area contributed by atoms with Gasteiger partial charge in [0.15, 0.2) is 0 Å². The van der Waals surface area contributed by atoms with E-state index in [1.54, 1.807) is 12.3 Å². The van der Waals surface area contributed by atoms with Crippen molar-refractivity contribution in [2.24, 2.45) is 0 Å². The van der Waals surface area contributed by atoms with E-state index in [0.717, 1.165) is 51.5 Å². The summed E-state index contributed by atoms with van der Waals surface area (Å²) in [5.41, 5.74) is 7.50. The van der Waals surface area contributed by atoms with Crippen molar-refractivity contribution in [2.75, 3.05) is 0 Å². The minimum absolute atomic E-state index is 0.309. The van der Waals surface area contributed by atoms with Crippen LogP contribution in [0.2, 0.25) is 0 Å². The van der Waals surface area contributed by atoms with Crippen molar-refractivity contribution in [3.8, 4) is 22.3 Å². The molecule has 0 amide bonds. The molecule has 2 aromatic heterocycles. The molecule has 5 aromatic rings. The van der Waals surface area contributed by atoms with Gasteiger partial charge in [0.1, 0.15) is 11.2 Å². The van der Waals surface area contributed by atoms with Crippen molar-refractivity contribution in [3.05, 3.63) is 94.5 Å². The van der Waals surface area contributed by atoms with Crippen LogP contribution in [0.15, 0.2) is 86.6 Å². The lowest BCUT2D eigenvalue weighted by molar-refractivity contribution is 0.554. The molecule has 3 nitrogen and oxygen atoms in total. The summed E-state index contributed by atoms with van der Waals surface area (Å²) < 4.78 is 11.5. The topological polar surface area (TPSA) is 43.4 Å². The fraction of sp³-hybridized carbons (Fsp3) is 0.148. The zero-order chi connectivity index (χ0) is 20.7. The lowest BCUT2D eigenvalue weighted by atomic mass is 9.96. The van der Waals surface area contributed by atoms with E-state index in [9.17, 15) is 4.79 Å². The van der Waals surface area contributed by atoms with Crippen LogP contribution in [-0.2, 0) is 6.42 Å². The van der Waals surface area contributed by atoms with E-state index in [0.29, 0.717) is 5.58 Å². The molecule has 0 unspecified atom stereocenters. The van der Waals surface area contributed by atoms with Crippen molar-refractivity contribution in [3.63, 3.8) is 0 Å². The van der Waals surface area contributed by atoms with E-state index >= 15 is 0 Å². The molecule has 0 saturated carbocycles. The third-order valence-corrected chi connectivity index (χ3v) is 5.71. The van der Waals surface area contributed by atoms with Crippen LogP contribution in [-0.4, -0.2) is 0 Å². The minimum atomic E-state index is -0.309. The number of hydrogen-bond acceptors (Lipinski definition) is 3. The average molecular weight is 394 g/mol. The SMILES string of the molecule is CCCc1cc(=O)oc2c(C)c3occ(-c4ccc(-c5ccccc5)cc4)c3cc12. The molecule has 2 heterocycles. The van der Waals surface area contributed by atoms with Gasteiger partial charge in [-0.1, -0.05) is 67.9 Å². The Morgan fingerprint density at radius 1 is 0.800 bits per heavy atom. The molecule has 3 heteroatoms. The molecule has 0 radical (unpaired) electrons. The van der Waals surface area contributed by atoms with Crippen molar-refractivity contribution in [2.45, 2.75) is 26.7 Å². The Morgan fingerprint density at radius 2 is 1.50 bits per heavy atom. The predicted octanol–water partition coefficient (Wildman–Crippen LogP) is 7.13. The monoisotopic (exact) mass is 394 g/mol. The molecule has 0 N–H and O–H groups in total. The second-order valence-electron chi connectivity index (χ2n) is 7.69. The third kappa shape index (κ3) is 3.03. The van der Waals surface area contributed by atoms with Crippen LogP contribution in [0.3, 0.4) is 0 Å². The van der Waals surface area contributed by atoms with Crippen molar-refractivity contribution in [1.29, 1.82) is 0 Å². The van der Waals surface area contributed by atoms with Gasteiger partial charge in [0, 0.05) is 28.0 Å². The fourth-order valence-corrected chi connectivity index (χ4v) is 4.21. The summed E-state index contributed by atoms with van der Waals surface area (Å²) in [6, 6.07) is 22.6. The molecule has 5 rings (SSSR count). The molecule has 0 spiro atoms. The number of rotatable bonds is 4. The summed E-state index contributed by atoms with van der Waals surface area (Å²) in [7, 11) is 0. The van der Waals surface area contributed by atoms with Crippen LogP contribution in [0.4, 0.5) is 0 Å². The molecule has 0 aliphatic heterocycles. The summed E-state index contributed by atoms with van der Waals surface area (Å²) in [6.45, 7) is 4.07. The Morgan fingerprint density at radius 3 is 2.23 bits per heavy atom. The van der Waals surface area contributed by atoms with E-state index in [1.165, 1.54) is 11.1 Å². The lowest BCUT2D eigenvalue weighted by Crippen LogP contribution is -2.01. The largest absolute Gasteiger partial charge is 0.463 e. The smallest absolute Gasteiger partial charge is 0.336 e. The molecule has 0 atom stereocenters. The van der Waals surface area contributed by atoms with Crippen LogP contribution < -0.4 is 5.63 Å². The summed E-state index contributed by atoms with van der Waals surface area (Å²) in [4.78, 5) is 12.0. The fourth-order valence-electron chi connectivity index (χ4n) is 4.21. The molecule has 0 aliphatic carbocycles. The maximum absolute atomic E-state index is 12.0. The number of furan rings is 1. The van der Waals surface area contributed by atoms with Gasteiger partial charge in [0.2, 0.25) is 0 Å². The Kier molecular flexibility index (Phi) is 4.51. The van der Waals surface area contributed by atoms with E-state index in [4.69, 9.17) is 8.83 Å². The normalized spacial score (nSPS) is 11.4. The highest BCUT2D eigenvalue weighted by molar-refractivity contribution is 6.04. The van der Waals surface area contributed by atoms with Crippen molar-refractivity contribution in [1.82, 2.24) is 0 Å². The number of fused-ring (bicyclic) bond motifs is 2. The quantitative estimate of drug-likeness (QED) is 0.304. The highest BCUT2D eigenvalue weighted by Crippen LogP contribution is 2.37. The molecule has 148 valence electrons. The van der Waals surface area contributed by atoms with E-state index in [-0.39, 0.29) is 5.63 Å². The van der Waals surface area contributed by atoms with E-state index in [1.807, 2.05) is 25.1 Å². The zero-order valence-electron chi connectivity index (χ0n) is 17.1. The maximum atomic E-state index is 12.0. The summed E-state index contributed by atoms with van der Waals surface area (Å²) in [5.74, 6) is 0. The molecular weight excluding hydrogens is 372 g/mol. The van der Waals surface area contributed by atoms with Gasteiger partial charge < -0.3 is 8.83 Å². The first kappa shape index (κ1) is 18.4. The molecule has 30 heavy (non-hydrogen) atoms. The van der Waals surface area contributed by atoms with Gasteiger partial charge in [-0.2, -0.15) is 0 Å². The predicted molar refractivity (Wildman–Crippen MR) is 122 cm³/mol. The zero-order valence-corrected chi connectivity index (χ0v) is 17.1. The van der Waals surface area contributed by atoms with E-state index < -0.39 is 0 Å². The third-order valence-electron chi connectivity index (χ3n) is 5.71. The van der Waals surface area contributed by atoms with Crippen molar-refractivity contribution >= 4 is 21.9 Å². The highest BCUT2D eigenvalue weighted by Gasteiger charge is 2.17. The average Bonchev–Trinajstić information content (AvgIpc) is 3.20. The van der Waals surface area contributed by atoms with Gasteiger partial charge in [-0.25, -0.2) is 4.79 Å². The Balaban J connectivity index is 1.68. The first-order chi connectivity index (χ1) is 14.7. The second-order valence-corrected chi connectivity index (χ2v) is 7.69. The van der Waals surface area contributed by atoms with E-state index in [2.05, 4.69) is 49.4 Å². The Hall–Kier alpha value is -3.59. The Labute approximate surface area is 174 Å². The van der Waals surface area contributed by atoms with Crippen LogP contribution in [0.25, 0.3) is 44.2 Å². The van der Waals surface area contributed by atoms with Crippen LogP contribution >= 0.6 is 0 Å². The van der Waals surface area contributed by atoms with Crippen molar-refractivity contribution < 1.29 is 8.83 Å². The van der Waals surface area contributed by atoms with Gasteiger partial charge >= 0.3 is 5.63 Å². The first-order valence-electron chi connectivity index (χ1n) is 10.3. The number of hydrogen-bond donors (Lipinski definition) is 0. The lowest BCUT2D eigenvalue weighted by Gasteiger charge is -2.08. The second kappa shape index (κ2) is 7.34. The Bertz CT molecular complexity index is 1400. The molecule has 3 aromatic carbocycles. The van der Waals surface area contributed by atoms with Gasteiger partial charge in [-0.3, -0.25) is 0 Å². The summed E-state index contributed by atoms with van der Waals surface area (Å²) in [5, 5.41) is 2.03. The molecule has 0 saturated heterocycles. The molecule has 0 aliphatic rings. The van der Waals surface area contributed by atoms with Crippen LogP contribution in [0.5, 0.6) is 0 Å². The number of aryl methyl sites for hydroxylation is 2. The minimum Gasteiger partial charge on any atom is -0.463 e. The van der Waals surface area contributed by atoms with Gasteiger partial charge in [0.25, 0.3) is 0 Å². The van der Waals surface area contributed by atoms with Crippen LogP contribution in [0, 0.1) is 6.92 Å². The summed E-state index contributed by atoms with van der Waals surface area (Å²) in [6.07, 6.45) is 3.60.